The van der Waals surface area contributed by atoms with Crippen LogP contribution < -0.4 is 5.32 Å². The number of aliphatic imine (C=N–C) groups is 1. The summed E-state index contributed by atoms with van der Waals surface area (Å²) in [5.74, 6) is 0. The Labute approximate surface area is 126 Å². The highest BCUT2D eigenvalue weighted by Gasteiger charge is 1.86. The van der Waals surface area contributed by atoms with Crippen molar-refractivity contribution in [3.05, 3.63) is 96.2 Å². The maximum Gasteiger partial charge on any atom is 0.0639 e. The molecule has 106 valence electrons. The number of benzene rings is 2. The molecule has 0 saturated heterocycles. The molecule has 0 amide bonds. The molecule has 2 aromatic carbocycles. The van der Waals surface area contributed by atoms with E-state index in [1.54, 1.807) is 0 Å². The molecule has 0 aromatic heterocycles. The Bertz CT molecular complexity index is 583. The number of nitrogens with one attached hydrogen (secondary N) is 1. The fraction of sp³-hybridized carbons (Fsp3) is 0.105. The number of nitrogens with zero attached hydrogens (tertiary/aromatic N) is 1. The first-order valence-corrected chi connectivity index (χ1v) is 7.08. The normalized spacial score (nSPS) is 11.6. The van der Waals surface area contributed by atoms with E-state index in [-0.39, 0.29) is 0 Å². The van der Waals surface area contributed by atoms with Crippen molar-refractivity contribution in [1.82, 2.24) is 5.32 Å². The molecular formula is C19H20N2. The molecule has 21 heavy (non-hydrogen) atoms. The molecule has 2 rings (SSSR count). The van der Waals surface area contributed by atoms with Gasteiger partial charge < -0.3 is 5.32 Å². The van der Waals surface area contributed by atoms with Gasteiger partial charge in [0.1, 0.15) is 0 Å². The second kappa shape index (κ2) is 9.32. The number of rotatable bonds is 7. The summed E-state index contributed by atoms with van der Waals surface area (Å²) >= 11 is 0. The number of allylic oxidation sites excluding steroid dienone is 3. The summed E-state index contributed by atoms with van der Waals surface area (Å²) in [7, 11) is 0. The van der Waals surface area contributed by atoms with E-state index in [1.165, 1.54) is 11.1 Å². The van der Waals surface area contributed by atoms with Crippen molar-refractivity contribution in [2.75, 3.05) is 0 Å². The Hall–Kier alpha value is -2.61. The van der Waals surface area contributed by atoms with Crippen molar-refractivity contribution < 1.29 is 0 Å². The van der Waals surface area contributed by atoms with E-state index in [1.807, 2.05) is 67.0 Å². The summed E-state index contributed by atoms with van der Waals surface area (Å²) in [6, 6.07) is 20.6. The second-order valence-electron chi connectivity index (χ2n) is 4.59. The summed E-state index contributed by atoms with van der Waals surface area (Å²) in [5.41, 5.74) is 2.50. The highest BCUT2D eigenvalue weighted by molar-refractivity contribution is 5.71. The van der Waals surface area contributed by atoms with Crippen molar-refractivity contribution in [1.29, 1.82) is 0 Å². The highest BCUT2D eigenvalue weighted by atomic mass is 14.8. The first kappa shape index (κ1) is 14.8. The Kier molecular flexibility index (Phi) is 6.56. The molecule has 0 saturated carbocycles. The van der Waals surface area contributed by atoms with Crippen LogP contribution in [-0.2, 0) is 13.1 Å². The molecule has 0 spiro atoms. The van der Waals surface area contributed by atoms with E-state index < -0.39 is 0 Å². The van der Waals surface area contributed by atoms with Crippen molar-refractivity contribution in [2.24, 2.45) is 4.99 Å². The van der Waals surface area contributed by atoms with Gasteiger partial charge in [0.2, 0.25) is 0 Å². The van der Waals surface area contributed by atoms with Gasteiger partial charge in [-0.3, -0.25) is 4.99 Å². The van der Waals surface area contributed by atoms with Gasteiger partial charge in [0, 0.05) is 12.8 Å². The molecule has 0 unspecified atom stereocenters. The average molecular weight is 276 g/mol. The molecule has 0 bridgehead atoms. The first-order valence-electron chi connectivity index (χ1n) is 7.08. The maximum absolute atomic E-state index is 4.34. The van der Waals surface area contributed by atoms with Crippen LogP contribution in [0.15, 0.2) is 90.1 Å². The van der Waals surface area contributed by atoms with Crippen molar-refractivity contribution in [3.8, 4) is 0 Å². The third kappa shape index (κ3) is 6.39. The van der Waals surface area contributed by atoms with Crippen molar-refractivity contribution >= 4 is 6.21 Å². The summed E-state index contributed by atoms with van der Waals surface area (Å²) < 4.78 is 0. The second-order valence-corrected chi connectivity index (χ2v) is 4.59. The number of hydrogen-bond acceptors (Lipinski definition) is 2. The lowest BCUT2D eigenvalue weighted by Gasteiger charge is -1.99. The summed E-state index contributed by atoms with van der Waals surface area (Å²) in [6.07, 6.45) is 9.64. The predicted molar refractivity (Wildman–Crippen MR) is 90.2 cm³/mol. The Balaban J connectivity index is 1.62. The van der Waals surface area contributed by atoms with Gasteiger partial charge >= 0.3 is 0 Å². The lowest BCUT2D eigenvalue weighted by atomic mass is 10.2. The lowest BCUT2D eigenvalue weighted by molar-refractivity contribution is 0.870. The van der Waals surface area contributed by atoms with E-state index in [2.05, 4.69) is 34.6 Å². The van der Waals surface area contributed by atoms with Crippen LogP contribution in [0.3, 0.4) is 0 Å². The Morgan fingerprint density at radius 1 is 0.762 bits per heavy atom. The molecule has 1 N–H and O–H groups in total. The summed E-state index contributed by atoms with van der Waals surface area (Å²) in [6.45, 7) is 1.56. The molecule has 0 aliphatic heterocycles. The zero-order valence-electron chi connectivity index (χ0n) is 12.0. The maximum atomic E-state index is 4.34. The van der Waals surface area contributed by atoms with Crippen LogP contribution in [0.25, 0.3) is 0 Å². The monoisotopic (exact) mass is 276 g/mol. The minimum atomic E-state index is 0.723. The van der Waals surface area contributed by atoms with Gasteiger partial charge in [0.25, 0.3) is 0 Å². The van der Waals surface area contributed by atoms with Crippen LogP contribution in [0, 0.1) is 0 Å². The third-order valence-electron chi connectivity index (χ3n) is 2.89. The van der Waals surface area contributed by atoms with Crippen LogP contribution in [-0.4, -0.2) is 6.21 Å². The highest BCUT2D eigenvalue weighted by Crippen LogP contribution is 1.99. The SMILES string of the molecule is C(=CC=NCc1ccccc1)C=CNCc1ccccc1. The fourth-order valence-corrected chi connectivity index (χ4v) is 1.81. The van der Waals surface area contributed by atoms with Gasteiger partial charge in [-0.15, -0.1) is 0 Å². The molecule has 0 heterocycles. The van der Waals surface area contributed by atoms with E-state index in [4.69, 9.17) is 0 Å². The molecule has 0 aliphatic carbocycles. The van der Waals surface area contributed by atoms with Crippen LogP contribution in [0.5, 0.6) is 0 Å². The summed E-state index contributed by atoms with van der Waals surface area (Å²) in [4.78, 5) is 4.34. The topological polar surface area (TPSA) is 24.4 Å². The molecule has 0 fully saturated rings. The zero-order chi connectivity index (χ0) is 14.6. The van der Waals surface area contributed by atoms with Crippen molar-refractivity contribution in [3.63, 3.8) is 0 Å². The third-order valence-corrected chi connectivity index (χ3v) is 2.89. The van der Waals surface area contributed by atoms with Gasteiger partial charge in [-0.2, -0.15) is 0 Å². The zero-order valence-corrected chi connectivity index (χ0v) is 12.0. The average Bonchev–Trinajstić information content (AvgIpc) is 2.55. The van der Waals surface area contributed by atoms with E-state index in [0.717, 1.165) is 13.1 Å². The van der Waals surface area contributed by atoms with E-state index >= 15 is 0 Å². The molecule has 2 nitrogen and oxygen atoms in total. The molecular weight excluding hydrogens is 256 g/mol. The Morgan fingerprint density at radius 2 is 1.43 bits per heavy atom. The fourth-order valence-electron chi connectivity index (χ4n) is 1.81. The standard InChI is InChI=1S/C19H20N2/c1-4-10-18(11-5-1)16-20-14-8-3-9-15-21-17-19-12-6-2-7-13-19/h1-15,20H,16-17H2. The van der Waals surface area contributed by atoms with E-state index in [9.17, 15) is 0 Å². The first-order chi connectivity index (χ1) is 10.4. The molecule has 0 radical (unpaired) electrons. The van der Waals surface area contributed by atoms with Crippen molar-refractivity contribution in [2.45, 2.75) is 13.1 Å². The van der Waals surface area contributed by atoms with Gasteiger partial charge in [-0.25, -0.2) is 0 Å². The minimum absolute atomic E-state index is 0.723. The van der Waals surface area contributed by atoms with Gasteiger partial charge in [0.05, 0.1) is 6.54 Å². The Morgan fingerprint density at radius 3 is 2.14 bits per heavy atom. The number of hydrogen-bond donors (Lipinski definition) is 1. The lowest BCUT2D eigenvalue weighted by Crippen LogP contribution is -2.03. The van der Waals surface area contributed by atoms with Gasteiger partial charge in [0.15, 0.2) is 0 Å². The molecule has 2 heteroatoms. The molecule has 0 atom stereocenters. The predicted octanol–water partition coefficient (Wildman–Crippen LogP) is 4.12. The van der Waals surface area contributed by atoms with Crippen LogP contribution in [0.4, 0.5) is 0 Å². The molecule has 0 aliphatic rings. The minimum Gasteiger partial charge on any atom is -0.387 e. The summed E-state index contributed by atoms with van der Waals surface area (Å²) in [5, 5.41) is 3.24. The van der Waals surface area contributed by atoms with Gasteiger partial charge in [-0.1, -0.05) is 66.7 Å². The smallest absolute Gasteiger partial charge is 0.0639 e. The quantitative estimate of drug-likeness (QED) is 0.597. The van der Waals surface area contributed by atoms with Crippen LogP contribution in [0.2, 0.25) is 0 Å². The van der Waals surface area contributed by atoms with E-state index in [0.29, 0.717) is 0 Å². The van der Waals surface area contributed by atoms with Gasteiger partial charge in [-0.05, 0) is 29.5 Å². The van der Waals surface area contributed by atoms with Crippen LogP contribution in [0.1, 0.15) is 11.1 Å². The molecule has 2 aromatic rings. The largest absolute Gasteiger partial charge is 0.387 e. The van der Waals surface area contributed by atoms with Crippen LogP contribution >= 0.6 is 0 Å².